The average Bonchev–Trinajstić information content (AvgIpc) is 2.82. The van der Waals surface area contributed by atoms with Gasteiger partial charge in [0.05, 0.1) is 17.1 Å². The van der Waals surface area contributed by atoms with E-state index in [2.05, 4.69) is 33.8 Å². The second-order valence-electron chi connectivity index (χ2n) is 15.0. The fourth-order valence-electron chi connectivity index (χ4n) is 10.2. The van der Waals surface area contributed by atoms with Gasteiger partial charge in [0.1, 0.15) is 11.4 Å². The minimum Gasteiger partial charge on any atom is -0.511 e. The van der Waals surface area contributed by atoms with Crippen molar-refractivity contribution in [2.45, 2.75) is 105 Å². The lowest BCUT2D eigenvalue weighted by Crippen LogP contribution is -2.74. The van der Waals surface area contributed by atoms with Crippen LogP contribution in [0, 0.1) is 55.7 Å². The molecule has 3 fully saturated rings. The number of carbonyl (C=O) groups is 2. The Balaban J connectivity index is 1.70. The number of hydrogen-bond donors (Lipinski definition) is 3. The van der Waals surface area contributed by atoms with Crippen molar-refractivity contribution in [1.82, 2.24) is 0 Å². The first kappa shape index (κ1) is 26.5. The van der Waals surface area contributed by atoms with E-state index in [-0.39, 0.29) is 29.3 Å². The van der Waals surface area contributed by atoms with E-state index in [9.17, 15) is 30.2 Å². The SMILES string of the molecule is CC1(C)C(O)=C(C#N)C[C@]2(C)C3=CC(=O)[C@]4(O)[C@@H]5C[C@@](C)(C(=O)O)CC[C@]5(C)CC[C@@]4(C)[C@]3(C)CC[C@@H]12. The van der Waals surface area contributed by atoms with Gasteiger partial charge in [-0.2, -0.15) is 5.26 Å². The first-order valence-electron chi connectivity index (χ1n) is 13.9. The normalized spacial score (nSPS) is 50.6. The molecule has 37 heavy (non-hydrogen) atoms. The lowest BCUT2D eigenvalue weighted by Gasteiger charge is -2.71. The number of carboxylic acid groups (broad SMARTS) is 1. The van der Waals surface area contributed by atoms with Gasteiger partial charge in [-0.1, -0.05) is 47.1 Å². The maximum absolute atomic E-state index is 14.3. The molecule has 0 aromatic rings. The van der Waals surface area contributed by atoms with Crippen LogP contribution in [0.5, 0.6) is 0 Å². The van der Waals surface area contributed by atoms with Crippen molar-refractivity contribution in [3.05, 3.63) is 23.0 Å². The Morgan fingerprint density at radius 1 is 1.00 bits per heavy atom. The molecule has 0 aromatic heterocycles. The van der Waals surface area contributed by atoms with Crippen LogP contribution >= 0.6 is 0 Å². The largest absolute Gasteiger partial charge is 0.511 e. The predicted molar refractivity (Wildman–Crippen MR) is 139 cm³/mol. The first-order chi connectivity index (χ1) is 16.9. The van der Waals surface area contributed by atoms with Crippen LogP contribution in [0.3, 0.4) is 0 Å². The van der Waals surface area contributed by atoms with Crippen molar-refractivity contribution in [1.29, 1.82) is 5.26 Å². The number of aliphatic hydroxyl groups excluding tert-OH is 1. The van der Waals surface area contributed by atoms with Crippen molar-refractivity contribution in [2.24, 2.45) is 44.3 Å². The van der Waals surface area contributed by atoms with Crippen molar-refractivity contribution >= 4 is 11.8 Å². The van der Waals surface area contributed by atoms with Crippen LogP contribution in [0.25, 0.3) is 0 Å². The number of nitriles is 1. The second kappa shape index (κ2) is 7.29. The van der Waals surface area contributed by atoms with E-state index < -0.39 is 44.6 Å². The Labute approximate surface area is 220 Å². The molecular formula is C31H43NO5. The van der Waals surface area contributed by atoms with Gasteiger partial charge in [-0.25, -0.2) is 0 Å². The highest BCUT2D eigenvalue weighted by Crippen LogP contribution is 2.76. The topological polar surface area (TPSA) is 119 Å². The summed E-state index contributed by atoms with van der Waals surface area (Å²) < 4.78 is 0. The van der Waals surface area contributed by atoms with E-state index >= 15 is 0 Å². The van der Waals surface area contributed by atoms with E-state index in [0.29, 0.717) is 31.3 Å². The van der Waals surface area contributed by atoms with Gasteiger partial charge in [0, 0.05) is 16.7 Å². The minimum absolute atomic E-state index is 0.0536. The molecule has 6 nitrogen and oxygen atoms in total. The molecule has 0 radical (unpaired) electrons. The summed E-state index contributed by atoms with van der Waals surface area (Å²) >= 11 is 0. The van der Waals surface area contributed by atoms with Crippen molar-refractivity contribution in [3.8, 4) is 6.07 Å². The van der Waals surface area contributed by atoms with Gasteiger partial charge in [-0.05, 0) is 86.5 Å². The first-order valence-corrected chi connectivity index (χ1v) is 13.9. The zero-order valence-corrected chi connectivity index (χ0v) is 23.5. The molecule has 5 aliphatic rings. The number of nitrogens with zero attached hydrogens (tertiary/aromatic N) is 1. The fourth-order valence-corrected chi connectivity index (χ4v) is 10.2. The molecule has 3 saturated carbocycles. The number of hydrogen-bond acceptors (Lipinski definition) is 5. The van der Waals surface area contributed by atoms with Gasteiger partial charge in [0.15, 0.2) is 5.78 Å². The minimum atomic E-state index is -1.65. The van der Waals surface area contributed by atoms with E-state index in [1.165, 1.54) is 0 Å². The Morgan fingerprint density at radius 3 is 2.22 bits per heavy atom. The summed E-state index contributed by atoms with van der Waals surface area (Å²) in [5.74, 6) is -1.38. The molecule has 6 heteroatoms. The van der Waals surface area contributed by atoms with Gasteiger partial charge in [-0.3, -0.25) is 9.59 Å². The number of ketones is 1. The summed E-state index contributed by atoms with van der Waals surface area (Å²) in [6.07, 6.45) is 6.72. The number of allylic oxidation sites excluding steroid dienone is 3. The zero-order valence-electron chi connectivity index (χ0n) is 23.5. The van der Waals surface area contributed by atoms with Crippen LogP contribution in [0.4, 0.5) is 0 Å². The average molecular weight is 510 g/mol. The summed E-state index contributed by atoms with van der Waals surface area (Å²) in [6, 6.07) is 2.23. The molecule has 5 rings (SSSR count). The highest BCUT2D eigenvalue weighted by molar-refractivity contribution is 6.01. The van der Waals surface area contributed by atoms with Crippen molar-refractivity contribution < 1.29 is 24.9 Å². The lowest BCUT2D eigenvalue weighted by atomic mass is 9.32. The monoisotopic (exact) mass is 509 g/mol. The summed E-state index contributed by atoms with van der Waals surface area (Å²) in [5.41, 5.74) is -3.90. The smallest absolute Gasteiger partial charge is 0.309 e. The number of carboxylic acids is 1. The number of aliphatic carboxylic acids is 1. The summed E-state index contributed by atoms with van der Waals surface area (Å²) in [5, 5.41) is 43.7. The number of carbonyl (C=O) groups excluding carboxylic acids is 1. The summed E-state index contributed by atoms with van der Waals surface area (Å²) in [4.78, 5) is 26.6. The Morgan fingerprint density at radius 2 is 1.62 bits per heavy atom. The second-order valence-corrected chi connectivity index (χ2v) is 15.0. The molecular weight excluding hydrogens is 466 g/mol. The van der Waals surface area contributed by atoms with Gasteiger partial charge in [0.25, 0.3) is 0 Å². The van der Waals surface area contributed by atoms with E-state index in [4.69, 9.17) is 0 Å². The fraction of sp³-hybridized carbons (Fsp3) is 0.774. The van der Waals surface area contributed by atoms with Gasteiger partial charge in [-0.15, -0.1) is 0 Å². The summed E-state index contributed by atoms with van der Waals surface area (Å²) in [7, 11) is 0. The van der Waals surface area contributed by atoms with Crippen LogP contribution in [0.2, 0.25) is 0 Å². The highest BCUT2D eigenvalue weighted by atomic mass is 16.4. The standard InChI is InChI=1S/C31H43NO5/c1-25(2)19-8-9-29(6)20(28(19,5)15-18(17-32)23(25)34)14-22(33)31(37)21-16-27(4,24(35)36)11-10-26(21,3)12-13-30(29,31)7/h14,19,21,34,37H,8-13,15-16H2,1-7H3,(H,35,36)/t19-,21+,26+,27-,28-,29+,30-,31+/m0/s1. The molecule has 5 aliphatic carbocycles. The van der Waals surface area contributed by atoms with Gasteiger partial charge < -0.3 is 15.3 Å². The highest BCUT2D eigenvalue weighted by Gasteiger charge is 2.75. The van der Waals surface area contributed by atoms with E-state index in [1.54, 1.807) is 13.0 Å². The number of fused-ring (bicyclic) bond motifs is 7. The maximum atomic E-state index is 14.3. The molecule has 0 spiro atoms. The lowest BCUT2D eigenvalue weighted by molar-refractivity contribution is -0.245. The van der Waals surface area contributed by atoms with E-state index in [1.807, 2.05) is 13.8 Å². The molecule has 202 valence electrons. The molecule has 0 aliphatic heterocycles. The van der Waals surface area contributed by atoms with Gasteiger partial charge >= 0.3 is 5.97 Å². The molecule has 0 unspecified atom stereocenters. The Bertz CT molecular complexity index is 1210. The molecule has 0 heterocycles. The maximum Gasteiger partial charge on any atom is 0.309 e. The molecule has 0 bridgehead atoms. The molecule has 8 atom stereocenters. The number of aliphatic hydroxyl groups is 2. The predicted octanol–water partition coefficient (Wildman–Crippen LogP) is 6.11. The zero-order chi connectivity index (χ0) is 27.6. The molecule has 0 amide bonds. The quantitative estimate of drug-likeness (QED) is 0.392. The molecule has 3 N–H and O–H groups in total. The van der Waals surface area contributed by atoms with Crippen LogP contribution in [-0.2, 0) is 9.59 Å². The van der Waals surface area contributed by atoms with Crippen LogP contribution in [0.1, 0.15) is 99.8 Å². The third-order valence-electron chi connectivity index (χ3n) is 13.0. The van der Waals surface area contributed by atoms with Crippen LogP contribution in [0.15, 0.2) is 23.0 Å². The Kier molecular flexibility index (Phi) is 5.21. The Hall–Kier alpha value is -2.13. The van der Waals surface area contributed by atoms with Crippen molar-refractivity contribution in [2.75, 3.05) is 0 Å². The molecule has 0 saturated heterocycles. The van der Waals surface area contributed by atoms with Crippen LogP contribution in [-0.4, -0.2) is 32.7 Å². The van der Waals surface area contributed by atoms with E-state index in [0.717, 1.165) is 24.8 Å². The molecule has 0 aromatic carbocycles. The number of rotatable bonds is 1. The van der Waals surface area contributed by atoms with Gasteiger partial charge in [0.2, 0.25) is 0 Å². The van der Waals surface area contributed by atoms with Crippen LogP contribution < -0.4 is 0 Å². The summed E-state index contributed by atoms with van der Waals surface area (Å²) in [6.45, 7) is 14.3. The van der Waals surface area contributed by atoms with Crippen molar-refractivity contribution in [3.63, 3.8) is 0 Å². The third-order valence-corrected chi connectivity index (χ3v) is 13.0. The third kappa shape index (κ3) is 2.85.